The zero-order valence-corrected chi connectivity index (χ0v) is 8.80. The van der Waals surface area contributed by atoms with E-state index < -0.39 is 0 Å². The molecule has 0 bridgehead atoms. The Labute approximate surface area is 92.9 Å². The predicted octanol–water partition coefficient (Wildman–Crippen LogP) is 1.86. The molecule has 0 aliphatic heterocycles. The predicted molar refractivity (Wildman–Crippen MR) is 57.0 cm³/mol. The van der Waals surface area contributed by atoms with E-state index in [1.807, 2.05) is 6.07 Å². The zero-order valence-electron chi connectivity index (χ0n) is 8.04. The molecule has 1 N–H and O–H groups in total. The molecule has 0 heterocycles. The average Bonchev–Trinajstić information content (AvgIpc) is 2.27. The van der Waals surface area contributed by atoms with Crippen LogP contribution in [0.2, 0.25) is 0 Å². The first-order chi connectivity index (χ1) is 7.22. The fourth-order valence-corrected chi connectivity index (χ4v) is 1.12. The highest BCUT2D eigenvalue weighted by Crippen LogP contribution is 2.30. The largest absolute Gasteiger partial charge is 0.503 e. The number of methoxy groups -OCH3 is 1. The topological polar surface area (TPSA) is 53.2 Å². The van der Waals surface area contributed by atoms with Crippen LogP contribution in [-0.2, 0) is 0 Å². The number of hydrogen-bond donors (Lipinski definition) is 1. The number of halogens is 1. The number of ether oxygens (including phenoxy) is 1. The van der Waals surface area contributed by atoms with E-state index in [-0.39, 0.29) is 17.4 Å². The highest BCUT2D eigenvalue weighted by atomic mass is 35.5. The fourth-order valence-electron chi connectivity index (χ4n) is 1.05. The number of alkyl halides is 1. The zero-order chi connectivity index (χ0) is 11.3. The molecule has 76 valence electrons. The molecule has 0 fully saturated rings. The summed E-state index contributed by atoms with van der Waals surface area (Å²) in [4.78, 5) is 0. The summed E-state index contributed by atoms with van der Waals surface area (Å²) in [6.07, 6.45) is 0. The van der Waals surface area contributed by atoms with Crippen LogP contribution in [0.1, 0.15) is 11.1 Å². The first-order valence-electron chi connectivity index (χ1n) is 4.09. The van der Waals surface area contributed by atoms with Crippen molar-refractivity contribution in [3.05, 3.63) is 23.3 Å². The monoisotopic (exact) mass is 221 g/mol. The van der Waals surface area contributed by atoms with Gasteiger partial charge in [-0.1, -0.05) is 11.8 Å². The van der Waals surface area contributed by atoms with E-state index in [4.69, 9.17) is 21.6 Å². The molecule has 1 aromatic rings. The molecule has 0 unspecified atom stereocenters. The molecule has 0 saturated carbocycles. The van der Waals surface area contributed by atoms with Gasteiger partial charge in [-0.2, -0.15) is 5.26 Å². The molecule has 0 aliphatic rings. The minimum absolute atomic E-state index is 0.0749. The molecule has 15 heavy (non-hydrogen) atoms. The summed E-state index contributed by atoms with van der Waals surface area (Å²) in [5.41, 5.74) is 0.718. The van der Waals surface area contributed by atoms with Gasteiger partial charge >= 0.3 is 0 Å². The number of nitriles is 1. The first kappa shape index (κ1) is 11.2. The molecule has 0 spiro atoms. The van der Waals surface area contributed by atoms with Gasteiger partial charge in [-0.25, -0.2) is 0 Å². The SMILES string of the molecule is COc1cc(C#N)cc(C#CCCl)c1O. The third-order valence-electron chi connectivity index (χ3n) is 1.71. The first-order valence-corrected chi connectivity index (χ1v) is 4.62. The lowest BCUT2D eigenvalue weighted by atomic mass is 10.1. The summed E-state index contributed by atoms with van der Waals surface area (Å²) < 4.78 is 4.91. The van der Waals surface area contributed by atoms with Crippen molar-refractivity contribution in [2.24, 2.45) is 0 Å². The molecule has 1 rings (SSSR count). The van der Waals surface area contributed by atoms with Gasteiger partial charge in [0.05, 0.1) is 30.2 Å². The van der Waals surface area contributed by atoms with Crippen LogP contribution in [-0.4, -0.2) is 18.1 Å². The maximum absolute atomic E-state index is 9.66. The molecule has 0 aliphatic carbocycles. The molecule has 0 amide bonds. The van der Waals surface area contributed by atoms with Gasteiger partial charge < -0.3 is 9.84 Å². The van der Waals surface area contributed by atoms with Crippen LogP contribution < -0.4 is 4.74 Å². The summed E-state index contributed by atoms with van der Waals surface area (Å²) in [6.45, 7) is 0. The number of aromatic hydroxyl groups is 1. The molecule has 3 nitrogen and oxygen atoms in total. The van der Waals surface area contributed by atoms with Crippen molar-refractivity contribution in [3.8, 4) is 29.4 Å². The third kappa shape index (κ3) is 2.56. The van der Waals surface area contributed by atoms with Crippen LogP contribution in [0.3, 0.4) is 0 Å². The lowest BCUT2D eigenvalue weighted by Gasteiger charge is -2.05. The van der Waals surface area contributed by atoms with E-state index in [1.54, 1.807) is 0 Å². The van der Waals surface area contributed by atoms with E-state index in [0.717, 1.165) is 0 Å². The summed E-state index contributed by atoms with van der Waals surface area (Å²) in [5.74, 6) is 5.57. The summed E-state index contributed by atoms with van der Waals surface area (Å²) in [6, 6.07) is 4.88. The summed E-state index contributed by atoms with van der Waals surface area (Å²) in [7, 11) is 1.41. The van der Waals surface area contributed by atoms with Crippen LogP contribution in [0.5, 0.6) is 11.5 Å². The molecular weight excluding hydrogens is 214 g/mol. The summed E-state index contributed by atoms with van der Waals surface area (Å²) >= 11 is 5.40. The molecule has 0 atom stereocenters. The quantitative estimate of drug-likeness (QED) is 0.582. The van der Waals surface area contributed by atoms with E-state index in [9.17, 15) is 5.11 Å². The normalized spacial score (nSPS) is 8.60. The highest BCUT2D eigenvalue weighted by molar-refractivity contribution is 6.19. The van der Waals surface area contributed by atoms with E-state index in [0.29, 0.717) is 11.1 Å². The number of rotatable bonds is 1. The second-order valence-corrected chi connectivity index (χ2v) is 2.89. The maximum atomic E-state index is 9.66. The number of phenols is 1. The van der Waals surface area contributed by atoms with E-state index in [2.05, 4.69) is 11.8 Å². The third-order valence-corrected chi connectivity index (χ3v) is 1.85. The second-order valence-electron chi connectivity index (χ2n) is 2.62. The Kier molecular flexibility index (Phi) is 3.85. The minimum Gasteiger partial charge on any atom is -0.503 e. The van der Waals surface area contributed by atoms with Gasteiger partial charge in [0.2, 0.25) is 0 Å². The van der Waals surface area contributed by atoms with Crippen LogP contribution in [0.15, 0.2) is 12.1 Å². The van der Waals surface area contributed by atoms with Crippen molar-refractivity contribution in [2.75, 3.05) is 13.0 Å². The highest BCUT2D eigenvalue weighted by Gasteiger charge is 2.08. The fraction of sp³-hybridized carbons (Fsp3) is 0.182. The van der Waals surface area contributed by atoms with Crippen LogP contribution in [0.25, 0.3) is 0 Å². The van der Waals surface area contributed by atoms with Crippen molar-refractivity contribution in [3.63, 3.8) is 0 Å². The molecule has 4 heteroatoms. The van der Waals surface area contributed by atoms with Crippen molar-refractivity contribution in [1.29, 1.82) is 5.26 Å². The van der Waals surface area contributed by atoms with Gasteiger partial charge in [0, 0.05) is 6.07 Å². The number of phenolic OH excluding ortho intramolecular Hbond substituents is 1. The standard InChI is InChI=1S/C11H8ClNO2/c1-15-10-6-8(7-13)5-9(11(10)14)3-2-4-12/h5-6,14H,4H2,1H3. The van der Waals surface area contributed by atoms with Gasteiger partial charge in [0.1, 0.15) is 0 Å². The van der Waals surface area contributed by atoms with Crippen LogP contribution >= 0.6 is 11.6 Å². The van der Waals surface area contributed by atoms with Crippen molar-refractivity contribution in [2.45, 2.75) is 0 Å². The Balaban J connectivity index is 3.32. The van der Waals surface area contributed by atoms with Gasteiger partial charge in [0.15, 0.2) is 11.5 Å². The maximum Gasteiger partial charge on any atom is 0.173 e. The molecule has 0 radical (unpaired) electrons. The Morgan fingerprint density at radius 1 is 1.53 bits per heavy atom. The smallest absolute Gasteiger partial charge is 0.173 e. The van der Waals surface area contributed by atoms with Crippen molar-refractivity contribution in [1.82, 2.24) is 0 Å². The molecule has 0 aromatic heterocycles. The lowest BCUT2D eigenvalue weighted by molar-refractivity contribution is 0.372. The van der Waals surface area contributed by atoms with Gasteiger partial charge in [-0.3, -0.25) is 0 Å². The summed E-state index contributed by atoms with van der Waals surface area (Å²) in [5, 5.41) is 18.4. The van der Waals surface area contributed by atoms with Gasteiger partial charge in [0.25, 0.3) is 0 Å². The Morgan fingerprint density at radius 2 is 2.27 bits per heavy atom. The van der Waals surface area contributed by atoms with Crippen molar-refractivity contribution < 1.29 is 9.84 Å². The molecular formula is C11H8ClNO2. The Hall–Kier alpha value is -1.84. The number of nitrogens with zero attached hydrogens (tertiary/aromatic N) is 1. The molecule has 1 aromatic carbocycles. The second kappa shape index (κ2) is 5.14. The average molecular weight is 222 g/mol. The van der Waals surface area contributed by atoms with Crippen molar-refractivity contribution >= 4 is 11.6 Å². The molecule has 0 saturated heterocycles. The van der Waals surface area contributed by atoms with Gasteiger partial charge in [-0.15, -0.1) is 11.6 Å². The van der Waals surface area contributed by atoms with E-state index >= 15 is 0 Å². The number of hydrogen-bond acceptors (Lipinski definition) is 3. The minimum atomic E-state index is -0.0749. The van der Waals surface area contributed by atoms with E-state index in [1.165, 1.54) is 19.2 Å². The Morgan fingerprint density at radius 3 is 2.80 bits per heavy atom. The Bertz CT molecular complexity index is 466. The van der Waals surface area contributed by atoms with Gasteiger partial charge in [-0.05, 0) is 6.07 Å². The van der Waals surface area contributed by atoms with Crippen LogP contribution in [0.4, 0.5) is 0 Å². The van der Waals surface area contributed by atoms with Crippen LogP contribution in [0, 0.1) is 23.2 Å². The number of benzene rings is 1. The lowest BCUT2D eigenvalue weighted by Crippen LogP contribution is -1.89.